The predicted octanol–water partition coefficient (Wildman–Crippen LogP) is 14.0. The molecule has 0 saturated heterocycles. The Morgan fingerprint density at radius 1 is 0.309 bits per heavy atom. The van der Waals surface area contributed by atoms with E-state index in [1.165, 1.54) is 110 Å². The summed E-state index contributed by atoms with van der Waals surface area (Å²) in [5.74, 6) is 0. The molecule has 0 atom stereocenters. The van der Waals surface area contributed by atoms with Gasteiger partial charge in [-0.15, -0.1) is 0 Å². The number of hydrogen-bond donors (Lipinski definition) is 0. The summed E-state index contributed by atoms with van der Waals surface area (Å²) in [6.45, 7) is 4.74. The highest BCUT2D eigenvalue weighted by Crippen LogP contribution is 2.51. The lowest BCUT2D eigenvalue weighted by molar-refractivity contribution is 0.661. The van der Waals surface area contributed by atoms with Crippen LogP contribution in [0.1, 0.15) is 25.0 Å². The number of fused-ring (bicyclic) bond motifs is 3. The molecule has 10 aromatic rings. The third-order valence-electron chi connectivity index (χ3n) is 12.1. The van der Waals surface area contributed by atoms with Crippen molar-refractivity contribution >= 4 is 32.3 Å². The smallest absolute Gasteiger partial charge is 0.0273 e. The maximum Gasteiger partial charge on any atom is 0.0273 e. The van der Waals surface area contributed by atoms with Gasteiger partial charge in [-0.05, 0) is 147 Å². The molecule has 1 aliphatic carbocycles. The van der Waals surface area contributed by atoms with Crippen LogP contribution in [-0.2, 0) is 5.41 Å². The van der Waals surface area contributed by atoms with Gasteiger partial charge in [0.2, 0.25) is 0 Å². The molecule has 8 aromatic carbocycles. The highest BCUT2D eigenvalue weighted by atomic mass is 14.6. The van der Waals surface area contributed by atoms with Crippen molar-refractivity contribution in [3.05, 3.63) is 194 Å². The van der Waals surface area contributed by atoms with Gasteiger partial charge in [-0.2, -0.15) is 0 Å². The van der Waals surface area contributed by atoms with Crippen molar-refractivity contribution in [3.63, 3.8) is 0 Å². The fourth-order valence-electron chi connectivity index (χ4n) is 9.18. The number of benzene rings is 8. The van der Waals surface area contributed by atoms with Crippen molar-refractivity contribution in [2.24, 2.45) is 0 Å². The third-order valence-corrected chi connectivity index (χ3v) is 12.1. The van der Waals surface area contributed by atoms with E-state index in [2.05, 4.69) is 169 Å². The Kier molecular flexibility index (Phi) is 6.93. The Morgan fingerprint density at radius 3 is 1.16 bits per heavy atom. The van der Waals surface area contributed by atoms with Gasteiger partial charge in [0.05, 0.1) is 0 Å². The molecular weight excluding hydrogens is 665 g/mol. The average Bonchev–Trinajstić information content (AvgIpc) is 3.48. The molecule has 55 heavy (non-hydrogen) atoms. The minimum atomic E-state index is -0.124. The molecule has 0 aliphatic heterocycles. The summed E-state index contributed by atoms with van der Waals surface area (Å²) in [6.07, 6.45) is 7.42. The van der Waals surface area contributed by atoms with Gasteiger partial charge in [0.1, 0.15) is 0 Å². The molecule has 2 aromatic heterocycles. The standard InChI is InChI=1S/C53H36N2/c1-53(2)49-31-41(37-25-29-55-30-26-37)15-19-45(49)46-20-16-42(32-50(46)53)44-18-12-40-13-21-47-43(17-11-39-14-22-48(44)52(40)51(39)47)38-9-7-34(8-10-38)33-3-5-35(6-4-33)36-23-27-54-28-24-36/h3-32H,1-2H3. The van der Waals surface area contributed by atoms with Gasteiger partial charge in [-0.25, -0.2) is 0 Å². The topological polar surface area (TPSA) is 25.8 Å². The summed E-state index contributed by atoms with van der Waals surface area (Å²) in [5.41, 5.74) is 17.5. The second-order valence-electron chi connectivity index (χ2n) is 15.4. The van der Waals surface area contributed by atoms with E-state index in [0.29, 0.717) is 0 Å². The number of nitrogens with zero attached hydrogens (tertiary/aromatic N) is 2. The molecule has 0 unspecified atom stereocenters. The molecular formula is C53H36N2. The molecule has 1 aliphatic rings. The lowest BCUT2D eigenvalue weighted by Crippen LogP contribution is -2.15. The van der Waals surface area contributed by atoms with E-state index in [0.717, 1.165) is 0 Å². The molecule has 0 saturated carbocycles. The van der Waals surface area contributed by atoms with Gasteiger partial charge in [0.25, 0.3) is 0 Å². The van der Waals surface area contributed by atoms with Crippen LogP contribution in [0.3, 0.4) is 0 Å². The monoisotopic (exact) mass is 700 g/mol. The molecule has 2 nitrogen and oxygen atoms in total. The van der Waals surface area contributed by atoms with Crippen molar-refractivity contribution in [1.82, 2.24) is 9.97 Å². The van der Waals surface area contributed by atoms with Crippen LogP contribution in [0.2, 0.25) is 0 Å². The molecule has 0 amide bonds. The van der Waals surface area contributed by atoms with Gasteiger partial charge in [0.15, 0.2) is 0 Å². The van der Waals surface area contributed by atoms with Crippen molar-refractivity contribution in [2.45, 2.75) is 19.3 Å². The number of pyridine rings is 2. The first kappa shape index (κ1) is 31.6. The second-order valence-corrected chi connectivity index (χ2v) is 15.4. The summed E-state index contributed by atoms with van der Waals surface area (Å²) in [5, 5.41) is 7.81. The highest BCUT2D eigenvalue weighted by molar-refractivity contribution is 6.27. The number of aromatic nitrogens is 2. The van der Waals surface area contributed by atoms with Crippen molar-refractivity contribution in [3.8, 4) is 66.8 Å². The zero-order valence-corrected chi connectivity index (χ0v) is 30.7. The summed E-state index contributed by atoms with van der Waals surface area (Å²) in [6, 6.07) is 58.7. The highest BCUT2D eigenvalue weighted by Gasteiger charge is 2.36. The zero-order chi connectivity index (χ0) is 36.7. The molecule has 0 bridgehead atoms. The first-order chi connectivity index (χ1) is 27.0. The average molecular weight is 701 g/mol. The van der Waals surface area contributed by atoms with E-state index in [-0.39, 0.29) is 5.41 Å². The van der Waals surface area contributed by atoms with Crippen LogP contribution in [0.25, 0.3) is 99.1 Å². The van der Waals surface area contributed by atoms with Crippen LogP contribution in [0.5, 0.6) is 0 Å². The van der Waals surface area contributed by atoms with Crippen LogP contribution >= 0.6 is 0 Å². The summed E-state index contributed by atoms with van der Waals surface area (Å²) in [7, 11) is 0. The van der Waals surface area contributed by atoms with Crippen LogP contribution in [-0.4, -0.2) is 9.97 Å². The van der Waals surface area contributed by atoms with Gasteiger partial charge >= 0.3 is 0 Å². The van der Waals surface area contributed by atoms with Gasteiger partial charge < -0.3 is 0 Å². The van der Waals surface area contributed by atoms with E-state index in [1.54, 1.807) is 0 Å². The van der Waals surface area contributed by atoms with Gasteiger partial charge in [-0.1, -0.05) is 135 Å². The Bertz CT molecular complexity index is 3070. The van der Waals surface area contributed by atoms with Crippen LogP contribution < -0.4 is 0 Å². The molecule has 0 N–H and O–H groups in total. The summed E-state index contributed by atoms with van der Waals surface area (Å²) >= 11 is 0. The minimum Gasteiger partial charge on any atom is -0.265 e. The zero-order valence-electron chi connectivity index (χ0n) is 30.7. The molecule has 2 heteroatoms. The summed E-state index contributed by atoms with van der Waals surface area (Å²) in [4.78, 5) is 8.39. The maximum absolute atomic E-state index is 4.23. The fraction of sp³-hybridized carbons (Fsp3) is 0.0566. The van der Waals surface area contributed by atoms with Crippen molar-refractivity contribution < 1.29 is 0 Å². The number of rotatable bonds is 5. The third kappa shape index (κ3) is 4.95. The van der Waals surface area contributed by atoms with Crippen molar-refractivity contribution in [2.75, 3.05) is 0 Å². The first-order valence-corrected chi connectivity index (χ1v) is 19.0. The van der Waals surface area contributed by atoms with Crippen LogP contribution in [0, 0.1) is 0 Å². The van der Waals surface area contributed by atoms with Crippen molar-refractivity contribution in [1.29, 1.82) is 0 Å². The van der Waals surface area contributed by atoms with E-state index in [9.17, 15) is 0 Å². The van der Waals surface area contributed by atoms with Crippen LogP contribution in [0.15, 0.2) is 183 Å². The van der Waals surface area contributed by atoms with E-state index >= 15 is 0 Å². The first-order valence-electron chi connectivity index (χ1n) is 19.0. The Balaban J connectivity index is 0.974. The fourth-order valence-corrected chi connectivity index (χ4v) is 9.18. The maximum atomic E-state index is 4.23. The normalized spacial score (nSPS) is 13.1. The molecule has 0 spiro atoms. The van der Waals surface area contributed by atoms with Gasteiger partial charge in [-0.3, -0.25) is 9.97 Å². The van der Waals surface area contributed by atoms with Crippen LogP contribution in [0.4, 0.5) is 0 Å². The van der Waals surface area contributed by atoms with E-state index in [1.807, 2.05) is 36.9 Å². The Morgan fingerprint density at radius 2 is 0.655 bits per heavy atom. The van der Waals surface area contributed by atoms with E-state index in [4.69, 9.17) is 0 Å². The Hall–Kier alpha value is -6.90. The lowest BCUT2D eigenvalue weighted by Gasteiger charge is -2.23. The SMILES string of the molecule is CC1(C)c2cc(-c3ccncc3)ccc2-c2ccc(-c3ccc4ccc5c(-c6ccc(-c7ccc(-c8ccncc8)cc7)cc6)ccc6ccc3c4c65)cc21. The second kappa shape index (κ2) is 12.1. The molecule has 11 rings (SSSR count). The largest absolute Gasteiger partial charge is 0.265 e. The number of hydrogen-bond acceptors (Lipinski definition) is 2. The minimum absolute atomic E-state index is 0.124. The molecule has 0 radical (unpaired) electrons. The van der Waals surface area contributed by atoms with E-state index < -0.39 is 0 Å². The quantitative estimate of drug-likeness (QED) is 0.167. The molecule has 0 fully saturated rings. The molecule has 2 heterocycles. The lowest BCUT2D eigenvalue weighted by atomic mass is 9.80. The summed E-state index contributed by atoms with van der Waals surface area (Å²) < 4.78 is 0. The van der Waals surface area contributed by atoms with Gasteiger partial charge in [0, 0.05) is 30.2 Å². The predicted molar refractivity (Wildman–Crippen MR) is 230 cm³/mol. The molecule has 258 valence electrons. The Labute approximate surface area is 320 Å².